The molecule has 0 saturated heterocycles. The van der Waals surface area contributed by atoms with Crippen LogP contribution in [0.4, 0.5) is 11.6 Å². The molecule has 1 atom stereocenters. The molecule has 0 radical (unpaired) electrons. The van der Waals surface area contributed by atoms with Crippen molar-refractivity contribution >= 4 is 11.6 Å². The average molecular weight is 252 g/mol. The fourth-order valence-electron chi connectivity index (χ4n) is 1.80. The first-order valence-corrected chi connectivity index (χ1v) is 6.47. The third kappa shape index (κ3) is 3.48. The highest BCUT2D eigenvalue weighted by Gasteiger charge is 2.16. The third-order valence-electron chi connectivity index (χ3n) is 2.98. The van der Waals surface area contributed by atoms with Crippen LogP contribution < -0.4 is 15.0 Å². The van der Waals surface area contributed by atoms with Crippen molar-refractivity contribution in [3.63, 3.8) is 0 Å². The van der Waals surface area contributed by atoms with Crippen LogP contribution in [0.2, 0.25) is 0 Å². The summed E-state index contributed by atoms with van der Waals surface area (Å²) in [6.45, 7) is 8.22. The minimum Gasteiger partial charge on any atom is -0.490 e. The highest BCUT2D eigenvalue weighted by Crippen LogP contribution is 2.31. The number of anilines is 2. The van der Waals surface area contributed by atoms with Crippen molar-refractivity contribution in [2.75, 3.05) is 37.5 Å². The lowest BCUT2D eigenvalue weighted by Crippen LogP contribution is -2.25. The average Bonchev–Trinajstić information content (AvgIpc) is 2.38. The molecule has 0 aliphatic rings. The molecular weight excluding hydrogens is 228 g/mol. The molecule has 0 amide bonds. The number of ether oxygens (including phenoxy) is 1. The van der Waals surface area contributed by atoms with E-state index in [1.165, 1.54) is 0 Å². The van der Waals surface area contributed by atoms with Crippen LogP contribution in [0.15, 0.2) is 6.33 Å². The van der Waals surface area contributed by atoms with Gasteiger partial charge in [0.1, 0.15) is 6.33 Å². The van der Waals surface area contributed by atoms with E-state index in [9.17, 15) is 0 Å². The Labute approximate surface area is 110 Å². The number of aromatic nitrogens is 2. The molecule has 1 N–H and O–H groups in total. The Morgan fingerprint density at radius 1 is 1.39 bits per heavy atom. The molecule has 5 heteroatoms. The first-order valence-electron chi connectivity index (χ1n) is 6.47. The molecule has 0 bridgehead atoms. The summed E-state index contributed by atoms with van der Waals surface area (Å²) < 4.78 is 5.44. The maximum atomic E-state index is 5.44. The SMILES string of the molecule is CCNc1ncnc(N(C)CC(C)CC)c1OC. The maximum Gasteiger partial charge on any atom is 0.204 e. The van der Waals surface area contributed by atoms with E-state index in [4.69, 9.17) is 4.74 Å². The van der Waals surface area contributed by atoms with Gasteiger partial charge in [-0.1, -0.05) is 20.3 Å². The minimum atomic E-state index is 0.622. The lowest BCUT2D eigenvalue weighted by Gasteiger charge is -2.24. The van der Waals surface area contributed by atoms with Gasteiger partial charge in [-0.25, -0.2) is 9.97 Å². The van der Waals surface area contributed by atoms with Crippen molar-refractivity contribution in [1.82, 2.24) is 9.97 Å². The van der Waals surface area contributed by atoms with Crippen LogP contribution in [0.1, 0.15) is 27.2 Å². The molecule has 1 rings (SSSR count). The molecule has 1 unspecified atom stereocenters. The van der Waals surface area contributed by atoms with Gasteiger partial charge >= 0.3 is 0 Å². The number of rotatable bonds is 7. The van der Waals surface area contributed by atoms with Gasteiger partial charge in [0.25, 0.3) is 0 Å². The second kappa shape index (κ2) is 7.03. The molecule has 0 aliphatic heterocycles. The normalized spacial score (nSPS) is 12.1. The van der Waals surface area contributed by atoms with Gasteiger partial charge in [0.2, 0.25) is 5.75 Å². The molecule has 102 valence electrons. The highest BCUT2D eigenvalue weighted by atomic mass is 16.5. The van der Waals surface area contributed by atoms with Gasteiger partial charge in [-0.15, -0.1) is 0 Å². The Morgan fingerprint density at radius 2 is 2.11 bits per heavy atom. The van der Waals surface area contributed by atoms with Crippen molar-refractivity contribution in [3.05, 3.63) is 6.33 Å². The predicted octanol–water partition coefficient (Wildman–Crippen LogP) is 2.40. The van der Waals surface area contributed by atoms with Gasteiger partial charge < -0.3 is 15.0 Å². The number of methoxy groups -OCH3 is 1. The fourth-order valence-corrected chi connectivity index (χ4v) is 1.80. The van der Waals surface area contributed by atoms with Crippen LogP contribution in [0.3, 0.4) is 0 Å². The zero-order valence-corrected chi connectivity index (χ0v) is 12.0. The monoisotopic (exact) mass is 252 g/mol. The zero-order chi connectivity index (χ0) is 13.5. The van der Waals surface area contributed by atoms with E-state index in [1.54, 1.807) is 13.4 Å². The molecular formula is C13H24N4O. The number of nitrogens with zero attached hydrogens (tertiary/aromatic N) is 3. The topological polar surface area (TPSA) is 50.3 Å². The number of nitrogens with one attached hydrogen (secondary N) is 1. The molecule has 0 spiro atoms. The van der Waals surface area contributed by atoms with Crippen LogP contribution in [-0.4, -0.2) is 37.2 Å². The van der Waals surface area contributed by atoms with Crippen LogP contribution in [0.5, 0.6) is 5.75 Å². The van der Waals surface area contributed by atoms with Crippen molar-refractivity contribution in [1.29, 1.82) is 0 Å². The lowest BCUT2D eigenvalue weighted by atomic mass is 10.1. The first kappa shape index (κ1) is 14.5. The third-order valence-corrected chi connectivity index (χ3v) is 2.98. The van der Waals surface area contributed by atoms with Crippen LogP contribution in [0, 0.1) is 5.92 Å². The van der Waals surface area contributed by atoms with Crippen molar-refractivity contribution < 1.29 is 4.74 Å². The summed E-state index contributed by atoms with van der Waals surface area (Å²) in [6, 6.07) is 0. The summed E-state index contributed by atoms with van der Waals surface area (Å²) in [5, 5.41) is 3.19. The second-order valence-electron chi connectivity index (χ2n) is 4.50. The maximum absolute atomic E-state index is 5.44. The van der Waals surface area contributed by atoms with Crippen LogP contribution in [0.25, 0.3) is 0 Å². The van der Waals surface area contributed by atoms with E-state index in [0.29, 0.717) is 11.7 Å². The summed E-state index contributed by atoms with van der Waals surface area (Å²) >= 11 is 0. The Morgan fingerprint density at radius 3 is 2.67 bits per heavy atom. The van der Waals surface area contributed by atoms with E-state index in [0.717, 1.165) is 31.1 Å². The van der Waals surface area contributed by atoms with E-state index in [2.05, 4.69) is 34.0 Å². The first-order chi connectivity index (χ1) is 8.63. The highest BCUT2D eigenvalue weighted by molar-refractivity contribution is 5.64. The van der Waals surface area contributed by atoms with Crippen molar-refractivity contribution in [3.8, 4) is 5.75 Å². The molecule has 1 aromatic heterocycles. The Hall–Kier alpha value is -1.52. The summed E-state index contributed by atoms with van der Waals surface area (Å²) in [4.78, 5) is 10.7. The predicted molar refractivity (Wildman–Crippen MR) is 75.5 cm³/mol. The molecule has 5 nitrogen and oxygen atoms in total. The van der Waals surface area contributed by atoms with E-state index >= 15 is 0 Å². The molecule has 1 aromatic rings. The van der Waals surface area contributed by atoms with Crippen LogP contribution >= 0.6 is 0 Å². The molecule has 0 fully saturated rings. The second-order valence-corrected chi connectivity index (χ2v) is 4.50. The Kier molecular flexibility index (Phi) is 5.68. The van der Waals surface area contributed by atoms with Gasteiger partial charge in [0.15, 0.2) is 11.6 Å². The standard InChI is InChI=1S/C13H24N4O/c1-6-10(3)8-17(4)13-11(18-5)12(14-7-2)15-9-16-13/h9-10H,6-8H2,1-5H3,(H,14,15,16). The fraction of sp³-hybridized carbons (Fsp3) is 0.692. The van der Waals surface area contributed by atoms with Gasteiger partial charge in [-0.3, -0.25) is 0 Å². The Balaban J connectivity index is 2.96. The number of hydrogen-bond acceptors (Lipinski definition) is 5. The van der Waals surface area contributed by atoms with Gasteiger partial charge in [0, 0.05) is 20.1 Å². The zero-order valence-electron chi connectivity index (χ0n) is 12.0. The largest absolute Gasteiger partial charge is 0.490 e. The molecule has 0 saturated carbocycles. The molecule has 18 heavy (non-hydrogen) atoms. The quantitative estimate of drug-likeness (QED) is 0.807. The van der Waals surface area contributed by atoms with Gasteiger partial charge in [-0.2, -0.15) is 0 Å². The summed E-state index contributed by atoms with van der Waals surface area (Å²) in [5.74, 6) is 2.92. The van der Waals surface area contributed by atoms with E-state index in [-0.39, 0.29) is 0 Å². The smallest absolute Gasteiger partial charge is 0.204 e. The van der Waals surface area contributed by atoms with Gasteiger partial charge in [-0.05, 0) is 12.8 Å². The van der Waals surface area contributed by atoms with Crippen molar-refractivity contribution in [2.24, 2.45) is 5.92 Å². The summed E-state index contributed by atoms with van der Waals surface area (Å²) in [6.07, 6.45) is 2.72. The van der Waals surface area contributed by atoms with Gasteiger partial charge in [0.05, 0.1) is 7.11 Å². The minimum absolute atomic E-state index is 0.622. The van der Waals surface area contributed by atoms with Crippen molar-refractivity contribution in [2.45, 2.75) is 27.2 Å². The lowest BCUT2D eigenvalue weighted by molar-refractivity contribution is 0.411. The Bertz CT molecular complexity index is 370. The molecule has 0 aliphatic carbocycles. The molecule has 0 aromatic carbocycles. The van der Waals surface area contributed by atoms with E-state index < -0.39 is 0 Å². The molecule has 1 heterocycles. The summed E-state index contributed by atoms with van der Waals surface area (Å²) in [5.41, 5.74) is 0. The summed E-state index contributed by atoms with van der Waals surface area (Å²) in [7, 11) is 3.69. The number of hydrogen-bond donors (Lipinski definition) is 1. The van der Waals surface area contributed by atoms with Crippen LogP contribution in [-0.2, 0) is 0 Å². The van der Waals surface area contributed by atoms with E-state index in [1.807, 2.05) is 14.0 Å².